The number of nitrogens with one attached hydrogen (secondary N) is 1. The molecule has 23 heavy (non-hydrogen) atoms. The molecule has 0 bridgehead atoms. The Bertz CT molecular complexity index is 640. The fourth-order valence-corrected chi connectivity index (χ4v) is 4.52. The molecule has 1 unspecified atom stereocenters. The predicted molar refractivity (Wildman–Crippen MR) is 87.0 cm³/mol. The zero-order chi connectivity index (χ0) is 17.3. The highest BCUT2D eigenvalue weighted by atomic mass is 32.2. The first kappa shape index (κ1) is 18.4. The first-order chi connectivity index (χ1) is 10.6. The van der Waals surface area contributed by atoms with Gasteiger partial charge in [0.25, 0.3) is 0 Å². The Kier molecular flexibility index (Phi) is 5.50. The largest absolute Gasteiger partial charge is 0.379 e. The SMILES string of the molecule is Cc1nn(CCOC2CCOC2)c(C)c1S(=O)(=O)NC(C)(C)C. The second-order valence-electron chi connectivity index (χ2n) is 6.93. The van der Waals surface area contributed by atoms with Crippen LogP contribution in [0.1, 0.15) is 38.6 Å². The lowest BCUT2D eigenvalue weighted by molar-refractivity contribution is 0.0368. The summed E-state index contributed by atoms with van der Waals surface area (Å²) in [6.07, 6.45) is 1.05. The highest BCUT2D eigenvalue weighted by molar-refractivity contribution is 7.89. The van der Waals surface area contributed by atoms with Crippen LogP contribution in [0.3, 0.4) is 0 Å². The molecule has 0 radical (unpaired) electrons. The predicted octanol–water partition coefficient (Wildman–Crippen LogP) is 1.38. The van der Waals surface area contributed by atoms with E-state index in [9.17, 15) is 8.42 Å². The van der Waals surface area contributed by atoms with Crippen molar-refractivity contribution in [3.05, 3.63) is 11.4 Å². The normalized spacial score (nSPS) is 19.4. The zero-order valence-electron chi connectivity index (χ0n) is 14.5. The number of nitrogens with zero attached hydrogens (tertiary/aromatic N) is 2. The number of sulfonamides is 1. The topological polar surface area (TPSA) is 82.5 Å². The van der Waals surface area contributed by atoms with Gasteiger partial charge in [-0.15, -0.1) is 0 Å². The summed E-state index contributed by atoms with van der Waals surface area (Å²) in [6, 6.07) is 0. The van der Waals surface area contributed by atoms with Gasteiger partial charge in [-0.1, -0.05) is 0 Å². The number of ether oxygens (including phenoxy) is 2. The van der Waals surface area contributed by atoms with Crippen molar-refractivity contribution in [1.82, 2.24) is 14.5 Å². The minimum atomic E-state index is -3.59. The van der Waals surface area contributed by atoms with E-state index in [0.717, 1.165) is 13.0 Å². The summed E-state index contributed by atoms with van der Waals surface area (Å²) in [5.41, 5.74) is 0.597. The standard InChI is InChI=1S/C15H27N3O4S/c1-11-14(23(19,20)17-15(3,4)5)12(2)18(16-11)7-9-22-13-6-8-21-10-13/h13,17H,6-10H2,1-5H3. The van der Waals surface area contributed by atoms with E-state index in [4.69, 9.17) is 9.47 Å². The minimum absolute atomic E-state index is 0.137. The van der Waals surface area contributed by atoms with Gasteiger partial charge in [-0.3, -0.25) is 4.68 Å². The molecular formula is C15H27N3O4S. The minimum Gasteiger partial charge on any atom is -0.379 e. The molecule has 0 saturated carbocycles. The fraction of sp³-hybridized carbons (Fsp3) is 0.800. The molecule has 2 heterocycles. The van der Waals surface area contributed by atoms with Gasteiger partial charge in [0.1, 0.15) is 4.90 Å². The van der Waals surface area contributed by atoms with Crippen LogP contribution in [0.4, 0.5) is 0 Å². The number of aryl methyl sites for hydroxylation is 1. The third-order valence-corrected chi connectivity index (χ3v) is 5.58. The van der Waals surface area contributed by atoms with Crippen LogP contribution >= 0.6 is 0 Å². The first-order valence-electron chi connectivity index (χ1n) is 7.87. The van der Waals surface area contributed by atoms with E-state index in [1.807, 2.05) is 20.8 Å². The molecule has 1 atom stereocenters. The molecule has 7 nitrogen and oxygen atoms in total. The molecule has 1 saturated heterocycles. The molecule has 8 heteroatoms. The molecule has 1 aliphatic rings. The molecule has 1 aliphatic heterocycles. The van der Waals surface area contributed by atoms with Crippen LogP contribution in [0, 0.1) is 13.8 Å². The maximum absolute atomic E-state index is 12.6. The lowest BCUT2D eigenvalue weighted by Gasteiger charge is -2.20. The van der Waals surface area contributed by atoms with Crippen molar-refractivity contribution in [2.45, 2.75) is 64.1 Å². The van der Waals surface area contributed by atoms with Gasteiger partial charge in [-0.05, 0) is 41.0 Å². The Morgan fingerprint density at radius 1 is 1.39 bits per heavy atom. The Morgan fingerprint density at radius 2 is 2.09 bits per heavy atom. The van der Waals surface area contributed by atoms with Crippen LogP contribution in [0.2, 0.25) is 0 Å². The van der Waals surface area contributed by atoms with E-state index in [1.54, 1.807) is 18.5 Å². The van der Waals surface area contributed by atoms with Crippen molar-refractivity contribution in [2.24, 2.45) is 0 Å². The number of rotatable bonds is 6. The van der Waals surface area contributed by atoms with Gasteiger partial charge >= 0.3 is 0 Å². The molecule has 0 amide bonds. The van der Waals surface area contributed by atoms with E-state index in [-0.39, 0.29) is 11.0 Å². The summed E-state index contributed by atoms with van der Waals surface area (Å²) in [4.78, 5) is 0.261. The van der Waals surface area contributed by atoms with E-state index in [0.29, 0.717) is 31.1 Å². The highest BCUT2D eigenvalue weighted by Gasteiger charge is 2.28. The van der Waals surface area contributed by atoms with Crippen molar-refractivity contribution >= 4 is 10.0 Å². The Balaban J connectivity index is 2.09. The lowest BCUT2D eigenvalue weighted by atomic mass is 10.1. The Hall–Kier alpha value is -0.960. The van der Waals surface area contributed by atoms with Gasteiger partial charge in [0.2, 0.25) is 10.0 Å². The van der Waals surface area contributed by atoms with Crippen LogP contribution in [0.5, 0.6) is 0 Å². The fourth-order valence-electron chi connectivity index (χ4n) is 2.69. The van der Waals surface area contributed by atoms with Crippen molar-refractivity contribution in [3.63, 3.8) is 0 Å². The molecule has 0 aromatic carbocycles. The summed E-state index contributed by atoms with van der Waals surface area (Å²) in [7, 11) is -3.59. The van der Waals surface area contributed by atoms with Crippen molar-refractivity contribution in [2.75, 3.05) is 19.8 Å². The van der Waals surface area contributed by atoms with Crippen molar-refractivity contribution in [1.29, 1.82) is 0 Å². The molecule has 0 aliphatic carbocycles. The van der Waals surface area contributed by atoms with E-state index in [1.165, 1.54) is 0 Å². The summed E-state index contributed by atoms with van der Waals surface area (Å²) >= 11 is 0. The lowest BCUT2D eigenvalue weighted by Crippen LogP contribution is -2.40. The molecule has 2 rings (SSSR count). The van der Waals surface area contributed by atoms with Gasteiger partial charge in [-0.2, -0.15) is 5.10 Å². The Morgan fingerprint density at radius 3 is 2.65 bits per heavy atom. The second kappa shape index (κ2) is 6.88. The Labute approximate surface area is 138 Å². The van der Waals surface area contributed by atoms with Crippen molar-refractivity contribution in [3.8, 4) is 0 Å². The number of hydrogen-bond donors (Lipinski definition) is 1. The molecule has 1 N–H and O–H groups in total. The van der Waals surface area contributed by atoms with Crippen molar-refractivity contribution < 1.29 is 17.9 Å². The summed E-state index contributed by atoms with van der Waals surface area (Å²) in [6.45, 7) is 11.3. The molecule has 1 aromatic rings. The van der Waals surface area contributed by atoms with Gasteiger partial charge in [0.15, 0.2) is 0 Å². The number of hydrogen-bond acceptors (Lipinski definition) is 5. The van der Waals surface area contributed by atoms with Crippen LogP contribution in [-0.4, -0.2) is 49.7 Å². The van der Waals surface area contributed by atoms with E-state index >= 15 is 0 Å². The molecule has 132 valence electrons. The average Bonchev–Trinajstić information content (AvgIpc) is 2.95. The smallest absolute Gasteiger partial charge is 0.244 e. The molecule has 1 aromatic heterocycles. The maximum atomic E-state index is 12.6. The van der Waals surface area contributed by atoms with Gasteiger partial charge in [-0.25, -0.2) is 13.1 Å². The summed E-state index contributed by atoms with van der Waals surface area (Å²) < 4.78 is 40.5. The van der Waals surface area contributed by atoms with E-state index in [2.05, 4.69) is 9.82 Å². The van der Waals surface area contributed by atoms with Crippen LogP contribution < -0.4 is 4.72 Å². The molecular weight excluding hydrogens is 318 g/mol. The molecule has 0 spiro atoms. The quantitative estimate of drug-likeness (QED) is 0.842. The maximum Gasteiger partial charge on any atom is 0.244 e. The average molecular weight is 345 g/mol. The van der Waals surface area contributed by atoms with Crippen LogP contribution in [0.15, 0.2) is 4.90 Å². The summed E-state index contributed by atoms with van der Waals surface area (Å²) in [5.74, 6) is 0. The third kappa shape index (κ3) is 4.76. The third-order valence-electron chi connectivity index (χ3n) is 3.57. The van der Waals surface area contributed by atoms with Gasteiger partial charge in [0, 0.05) is 12.1 Å². The van der Waals surface area contributed by atoms with Crippen LogP contribution in [-0.2, 0) is 26.0 Å². The highest BCUT2D eigenvalue weighted by Crippen LogP contribution is 2.21. The van der Waals surface area contributed by atoms with E-state index < -0.39 is 15.6 Å². The van der Waals surface area contributed by atoms with Gasteiger partial charge in [0.05, 0.1) is 37.3 Å². The van der Waals surface area contributed by atoms with Gasteiger partial charge < -0.3 is 9.47 Å². The van der Waals surface area contributed by atoms with Crippen LogP contribution in [0.25, 0.3) is 0 Å². The zero-order valence-corrected chi connectivity index (χ0v) is 15.4. The second-order valence-corrected chi connectivity index (χ2v) is 8.55. The summed E-state index contributed by atoms with van der Waals surface area (Å²) in [5, 5.41) is 4.36. The molecule has 1 fully saturated rings. The monoisotopic (exact) mass is 345 g/mol. The first-order valence-corrected chi connectivity index (χ1v) is 9.36. The number of aromatic nitrogens is 2.